The van der Waals surface area contributed by atoms with Gasteiger partial charge in [0.1, 0.15) is 5.60 Å². The number of aliphatic imine (C=N–C) groups is 1. The lowest BCUT2D eigenvalue weighted by Crippen LogP contribution is -2.43. The molecule has 0 aliphatic carbocycles. The Morgan fingerprint density at radius 1 is 1.40 bits per heavy atom. The predicted octanol–water partition coefficient (Wildman–Crippen LogP) is 2.33. The fraction of sp³-hybridized carbons (Fsp3) is 0.882. The summed E-state index contributed by atoms with van der Waals surface area (Å²) in [5.41, 5.74) is -0.509. The molecule has 1 amide bonds. The van der Waals surface area contributed by atoms with Crippen molar-refractivity contribution < 1.29 is 14.6 Å². The first-order valence-corrected chi connectivity index (χ1v) is 8.96. The molecule has 0 aromatic rings. The van der Waals surface area contributed by atoms with Crippen LogP contribution in [0.15, 0.2) is 4.99 Å². The van der Waals surface area contributed by atoms with Crippen LogP contribution in [0.5, 0.6) is 0 Å². The Morgan fingerprint density at radius 3 is 2.56 bits per heavy atom. The number of amides is 1. The van der Waals surface area contributed by atoms with Gasteiger partial charge in [0.15, 0.2) is 5.96 Å². The van der Waals surface area contributed by atoms with Gasteiger partial charge in [0.25, 0.3) is 0 Å². The van der Waals surface area contributed by atoms with Crippen LogP contribution in [0, 0.1) is 0 Å². The molecule has 8 heteroatoms. The summed E-state index contributed by atoms with van der Waals surface area (Å²) in [5.74, 6) is 0.793. The van der Waals surface area contributed by atoms with E-state index < -0.39 is 11.7 Å². The third kappa shape index (κ3) is 10.1. The Hall–Kier alpha value is -0.770. The standard InChI is InChI=1S/C17H34N4O3.HI/c1-6-8-13(20-16(23)24-17(3,4)5)11-19-15(18-7-2)21-10-9-14(22)12-21;/h13-14,22H,6-12H2,1-5H3,(H,18,19)(H,20,23);1H/t13?,14-;/m1./s1. The second-order valence-corrected chi connectivity index (χ2v) is 7.21. The summed E-state index contributed by atoms with van der Waals surface area (Å²) < 4.78 is 5.33. The lowest BCUT2D eigenvalue weighted by Gasteiger charge is -2.24. The molecule has 25 heavy (non-hydrogen) atoms. The number of nitrogens with one attached hydrogen (secondary N) is 2. The van der Waals surface area contributed by atoms with E-state index in [4.69, 9.17) is 4.74 Å². The van der Waals surface area contributed by atoms with Crippen LogP contribution in [0.1, 0.15) is 53.9 Å². The molecule has 1 saturated heterocycles. The highest BCUT2D eigenvalue weighted by atomic mass is 127. The molecule has 0 spiro atoms. The average Bonchev–Trinajstić information content (AvgIpc) is 2.87. The van der Waals surface area contributed by atoms with Crippen molar-refractivity contribution in [3.05, 3.63) is 0 Å². The first-order chi connectivity index (χ1) is 11.2. The van der Waals surface area contributed by atoms with E-state index in [1.807, 2.05) is 27.7 Å². The minimum Gasteiger partial charge on any atom is -0.444 e. The molecule has 0 radical (unpaired) electrons. The minimum atomic E-state index is -0.509. The van der Waals surface area contributed by atoms with E-state index >= 15 is 0 Å². The van der Waals surface area contributed by atoms with E-state index in [0.717, 1.165) is 38.3 Å². The molecule has 1 unspecified atom stereocenters. The zero-order valence-electron chi connectivity index (χ0n) is 16.2. The van der Waals surface area contributed by atoms with Crippen molar-refractivity contribution in [2.24, 2.45) is 4.99 Å². The average molecular weight is 470 g/mol. The van der Waals surface area contributed by atoms with Gasteiger partial charge in [-0.3, -0.25) is 4.99 Å². The van der Waals surface area contributed by atoms with E-state index in [1.165, 1.54) is 0 Å². The molecular formula is C17H35IN4O3. The van der Waals surface area contributed by atoms with Crippen LogP contribution < -0.4 is 10.6 Å². The topological polar surface area (TPSA) is 86.2 Å². The van der Waals surface area contributed by atoms with Crippen molar-refractivity contribution in [1.82, 2.24) is 15.5 Å². The summed E-state index contributed by atoms with van der Waals surface area (Å²) in [5, 5.41) is 15.9. The zero-order valence-corrected chi connectivity index (χ0v) is 18.5. The molecule has 148 valence electrons. The van der Waals surface area contributed by atoms with Gasteiger partial charge in [-0.1, -0.05) is 13.3 Å². The van der Waals surface area contributed by atoms with E-state index in [0.29, 0.717) is 13.1 Å². The Morgan fingerprint density at radius 2 is 2.08 bits per heavy atom. The van der Waals surface area contributed by atoms with Gasteiger partial charge in [0, 0.05) is 19.6 Å². The number of aliphatic hydroxyl groups excluding tert-OH is 1. The molecule has 0 bridgehead atoms. The molecule has 3 N–H and O–H groups in total. The number of halogens is 1. The van der Waals surface area contributed by atoms with Crippen molar-refractivity contribution >= 4 is 36.0 Å². The summed E-state index contributed by atoms with van der Waals surface area (Å²) in [6.45, 7) is 12.3. The van der Waals surface area contributed by atoms with Gasteiger partial charge in [0.05, 0.1) is 18.7 Å². The Bertz CT molecular complexity index is 427. The van der Waals surface area contributed by atoms with Crippen molar-refractivity contribution in [3.8, 4) is 0 Å². The molecule has 7 nitrogen and oxygen atoms in total. The third-order valence-corrected chi connectivity index (χ3v) is 3.62. The van der Waals surface area contributed by atoms with Crippen LogP contribution in [-0.4, -0.2) is 66.0 Å². The molecule has 2 atom stereocenters. The summed E-state index contributed by atoms with van der Waals surface area (Å²) >= 11 is 0. The maximum Gasteiger partial charge on any atom is 0.407 e. The number of hydrogen-bond donors (Lipinski definition) is 3. The second kappa shape index (κ2) is 11.8. The Balaban J connectivity index is 0.00000576. The fourth-order valence-corrected chi connectivity index (χ4v) is 2.59. The van der Waals surface area contributed by atoms with Gasteiger partial charge in [-0.25, -0.2) is 4.79 Å². The Kier molecular flexibility index (Phi) is 11.4. The largest absolute Gasteiger partial charge is 0.444 e. The number of β-amino-alcohol motifs (C(OH)–C–C–N with tert-alkyl or cyclic N) is 1. The molecular weight excluding hydrogens is 435 g/mol. The van der Waals surface area contributed by atoms with Gasteiger partial charge >= 0.3 is 6.09 Å². The molecule has 1 heterocycles. The molecule has 0 aromatic heterocycles. The van der Waals surface area contributed by atoms with Crippen molar-refractivity contribution in [2.75, 3.05) is 26.2 Å². The highest BCUT2D eigenvalue weighted by molar-refractivity contribution is 14.0. The fourth-order valence-electron chi connectivity index (χ4n) is 2.59. The Labute approximate surface area is 169 Å². The first kappa shape index (κ1) is 24.2. The lowest BCUT2D eigenvalue weighted by molar-refractivity contribution is 0.0503. The smallest absolute Gasteiger partial charge is 0.407 e. The molecule has 0 saturated carbocycles. The number of carbonyl (C=O) groups is 1. The van der Waals surface area contributed by atoms with Crippen LogP contribution in [0.4, 0.5) is 4.79 Å². The SMILES string of the molecule is CCCC(CN=C(NCC)N1CC[C@@H](O)C1)NC(=O)OC(C)(C)C.I. The molecule has 1 aliphatic heterocycles. The highest BCUT2D eigenvalue weighted by Crippen LogP contribution is 2.10. The van der Waals surface area contributed by atoms with Gasteiger partial charge in [-0.2, -0.15) is 0 Å². The quantitative estimate of drug-likeness (QED) is 0.315. The molecule has 1 aliphatic rings. The van der Waals surface area contributed by atoms with Crippen molar-refractivity contribution in [1.29, 1.82) is 0 Å². The van der Waals surface area contributed by atoms with Gasteiger partial charge in [0.2, 0.25) is 0 Å². The van der Waals surface area contributed by atoms with Crippen LogP contribution in [0.3, 0.4) is 0 Å². The number of nitrogens with zero attached hydrogens (tertiary/aromatic N) is 2. The van der Waals surface area contributed by atoms with E-state index in [-0.39, 0.29) is 36.1 Å². The maximum absolute atomic E-state index is 12.0. The predicted molar refractivity (Wildman–Crippen MR) is 112 cm³/mol. The number of likely N-dealkylation sites (tertiary alicyclic amines) is 1. The third-order valence-electron chi connectivity index (χ3n) is 3.62. The first-order valence-electron chi connectivity index (χ1n) is 8.96. The molecule has 1 rings (SSSR count). The number of alkyl carbamates (subject to hydrolysis) is 1. The second-order valence-electron chi connectivity index (χ2n) is 7.21. The number of ether oxygens (including phenoxy) is 1. The maximum atomic E-state index is 12.0. The summed E-state index contributed by atoms with van der Waals surface area (Å²) in [7, 11) is 0. The normalized spacial score (nSPS) is 19.2. The van der Waals surface area contributed by atoms with Crippen LogP contribution >= 0.6 is 24.0 Å². The summed E-state index contributed by atoms with van der Waals surface area (Å²) in [6, 6.07) is -0.0639. The van der Waals surface area contributed by atoms with E-state index in [9.17, 15) is 9.90 Å². The number of carbonyl (C=O) groups excluding carboxylic acids is 1. The summed E-state index contributed by atoms with van der Waals surface area (Å²) in [6.07, 6.45) is 1.86. The molecule has 0 aromatic carbocycles. The van der Waals surface area contributed by atoms with E-state index in [2.05, 4.69) is 27.4 Å². The zero-order chi connectivity index (χ0) is 18.2. The van der Waals surface area contributed by atoms with Crippen LogP contribution in [0.2, 0.25) is 0 Å². The number of hydrogen-bond acceptors (Lipinski definition) is 4. The van der Waals surface area contributed by atoms with Gasteiger partial charge in [-0.15, -0.1) is 24.0 Å². The van der Waals surface area contributed by atoms with Gasteiger partial charge < -0.3 is 25.4 Å². The van der Waals surface area contributed by atoms with Crippen LogP contribution in [0.25, 0.3) is 0 Å². The number of guanidine groups is 1. The van der Waals surface area contributed by atoms with Crippen molar-refractivity contribution in [2.45, 2.75) is 71.6 Å². The highest BCUT2D eigenvalue weighted by Gasteiger charge is 2.23. The van der Waals surface area contributed by atoms with Crippen molar-refractivity contribution in [3.63, 3.8) is 0 Å². The van der Waals surface area contributed by atoms with Gasteiger partial charge in [-0.05, 0) is 40.5 Å². The number of rotatable bonds is 6. The summed E-state index contributed by atoms with van der Waals surface area (Å²) in [4.78, 5) is 18.7. The number of aliphatic hydroxyl groups is 1. The van der Waals surface area contributed by atoms with Crippen LogP contribution in [-0.2, 0) is 4.74 Å². The monoisotopic (exact) mass is 470 g/mol. The lowest BCUT2D eigenvalue weighted by atomic mass is 10.1. The molecule has 1 fully saturated rings. The minimum absolute atomic E-state index is 0. The van der Waals surface area contributed by atoms with E-state index in [1.54, 1.807) is 0 Å².